The van der Waals surface area contributed by atoms with Gasteiger partial charge in [0.05, 0.1) is 17.2 Å². The molecule has 0 amide bonds. The maximum atomic E-state index is 12.8. The molecule has 2 aromatic carbocycles. The Morgan fingerprint density at radius 1 is 1.05 bits per heavy atom. The van der Waals surface area contributed by atoms with E-state index in [9.17, 15) is 8.42 Å². The number of hydrogen-bond donors (Lipinski definition) is 0. The van der Waals surface area contributed by atoms with Gasteiger partial charge in [-0.25, -0.2) is 8.42 Å². The van der Waals surface area contributed by atoms with E-state index < -0.39 is 10.0 Å². The standard InChI is InChI=1S/C17H21NO3S/c1-4-18(15-8-6-7-14(3)13-15)22(19,20)17-11-9-16(10-12-17)21-5-2/h6-13H,4-5H2,1-3H3. The Morgan fingerprint density at radius 2 is 1.73 bits per heavy atom. The second-order valence-corrected chi connectivity index (χ2v) is 6.78. The molecule has 0 atom stereocenters. The molecule has 0 N–H and O–H groups in total. The molecule has 0 bridgehead atoms. The van der Waals surface area contributed by atoms with Crippen molar-refractivity contribution in [2.45, 2.75) is 25.7 Å². The first kappa shape index (κ1) is 16.4. The molecule has 5 heteroatoms. The van der Waals surface area contributed by atoms with Gasteiger partial charge in [0, 0.05) is 6.54 Å². The van der Waals surface area contributed by atoms with Crippen molar-refractivity contribution in [1.29, 1.82) is 0 Å². The van der Waals surface area contributed by atoms with E-state index in [1.807, 2.05) is 45.0 Å². The SMILES string of the molecule is CCOc1ccc(S(=O)(=O)N(CC)c2cccc(C)c2)cc1. The maximum Gasteiger partial charge on any atom is 0.264 e. The van der Waals surface area contributed by atoms with Crippen molar-refractivity contribution in [2.75, 3.05) is 17.5 Å². The Balaban J connectivity index is 2.38. The molecule has 0 fully saturated rings. The first-order valence-electron chi connectivity index (χ1n) is 7.31. The molecule has 0 aromatic heterocycles. The number of sulfonamides is 1. The predicted octanol–water partition coefficient (Wildman–Crippen LogP) is 3.61. The molecule has 0 aliphatic rings. The first-order valence-corrected chi connectivity index (χ1v) is 8.75. The number of ether oxygens (including phenoxy) is 1. The summed E-state index contributed by atoms with van der Waals surface area (Å²) < 4.78 is 32.4. The van der Waals surface area contributed by atoms with Crippen LogP contribution in [0.3, 0.4) is 0 Å². The van der Waals surface area contributed by atoms with Crippen molar-refractivity contribution in [1.82, 2.24) is 0 Å². The lowest BCUT2D eigenvalue weighted by molar-refractivity contribution is 0.340. The lowest BCUT2D eigenvalue weighted by Gasteiger charge is -2.23. The van der Waals surface area contributed by atoms with Gasteiger partial charge in [-0.3, -0.25) is 4.31 Å². The lowest BCUT2D eigenvalue weighted by atomic mass is 10.2. The molecule has 0 aliphatic heterocycles. The molecule has 0 radical (unpaired) electrons. The predicted molar refractivity (Wildman–Crippen MR) is 89.0 cm³/mol. The molecule has 0 unspecified atom stereocenters. The van der Waals surface area contributed by atoms with E-state index in [0.29, 0.717) is 24.6 Å². The van der Waals surface area contributed by atoms with Crippen LogP contribution in [0.1, 0.15) is 19.4 Å². The Hall–Kier alpha value is -2.01. The molecule has 0 saturated carbocycles. The summed E-state index contributed by atoms with van der Waals surface area (Å²) in [5, 5.41) is 0. The summed E-state index contributed by atoms with van der Waals surface area (Å²) in [6.45, 7) is 6.59. The maximum absolute atomic E-state index is 12.8. The fourth-order valence-corrected chi connectivity index (χ4v) is 3.74. The molecular weight excluding hydrogens is 298 g/mol. The monoisotopic (exact) mass is 319 g/mol. The Bertz CT molecular complexity index is 724. The van der Waals surface area contributed by atoms with E-state index in [0.717, 1.165) is 5.56 Å². The largest absolute Gasteiger partial charge is 0.494 e. The highest BCUT2D eigenvalue weighted by atomic mass is 32.2. The smallest absolute Gasteiger partial charge is 0.264 e. The van der Waals surface area contributed by atoms with Gasteiger partial charge in [0.2, 0.25) is 0 Å². The van der Waals surface area contributed by atoms with Crippen LogP contribution in [0, 0.1) is 6.92 Å². The molecule has 4 nitrogen and oxygen atoms in total. The quantitative estimate of drug-likeness (QED) is 0.817. The summed E-state index contributed by atoms with van der Waals surface area (Å²) in [7, 11) is -3.57. The average Bonchev–Trinajstić information content (AvgIpc) is 2.49. The third kappa shape index (κ3) is 3.42. The summed E-state index contributed by atoms with van der Waals surface area (Å²) in [6, 6.07) is 14.0. The zero-order chi connectivity index (χ0) is 16.2. The summed E-state index contributed by atoms with van der Waals surface area (Å²) in [4.78, 5) is 0.263. The fraction of sp³-hybridized carbons (Fsp3) is 0.294. The van der Waals surface area contributed by atoms with Gasteiger partial charge in [0.25, 0.3) is 10.0 Å². The third-order valence-electron chi connectivity index (χ3n) is 3.30. The minimum Gasteiger partial charge on any atom is -0.494 e. The van der Waals surface area contributed by atoms with Gasteiger partial charge in [-0.05, 0) is 62.7 Å². The zero-order valence-electron chi connectivity index (χ0n) is 13.1. The highest BCUT2D eigenvalue weighted by molar-refractivity contribution is 7.92. The summed E-state index contributed by atoms with van der Waals surface area (Å²) in [5.41, 5.74) is 1.70. The highest BCUT2D eigenvalue weighted by Crippen LogP contribution is 2.25. The van der Waals surface area contributed by atoms with Crippen LogP contribution in [-0.4, -0.2) is 21.6 Å². The molecule has 2 aromatic rings. The Morgan fingerprint density at radius 3 is 2.27 bits per heavy atom. The van der Waals surface area contributed by atoms with Crippen molar-refractivity contribution in [3.05, 3.63) is 54.1 Å². The van der Waals surface area contributed by atoms with Crippen LogP contribution in [0.5, 0.6) is 5.75 Å². The molecular formula is C17H21NO3S. The van der Waals surface area contributed by atoms with Gasteiger partial charge in [-0.2, -0.15) is 0 Å². The number of rotatable bonds is 6. The Kier molecular flexibility index (Phi) is 5.08. The molecule has 22 heavy (non-hydrogen) atoms. The molecule has 0 saturated heterocycles. The lowest BCUT2D eigenvalue weighted by Crippen LogP contribution is -2.30. The van der Waals surface area contributed by atoms with E-state index in [-0.39, 0.29) is 4.90 Å². The van der Waals surface area contributed by atoms with Crippen LogP contribution in [0.15, 0.2) is 53.4 Å². The van der Waals surface area contributed by atoms with Crippen LogP contribution < -0.4 is 9.04 Å². The van der Waals surface area contributed by atoms with E-state index >= 15 is 0 Å². The number of hydrogen-bond acceptors (Lipinski definition) is 3. The Labute approximate surface area is 132 Å². The van der Waals surface area contributed by atoms with Crippen LogP contribution in [0.4, 0.5) is 5.69 Å². The van der Waals surface area contributed by atoms with Crippen molar-refractivity contribution in [3.63, 3.8) is 0 Å². The van der Waals surface area contributed by atoms with Crippen LogP contribution >= 0.6 is 0 Å². The summed E-state index contributed by atoms with van der Waals surface area (Å²) in [6.07, 6.45) is 0. The molecule has 118 valence electrons. The van der Waals surface area contributed by atoms with E-state index in [4.69, 9.17) is 4.74 Å². The van der Waals surface area contributed by atoms with Crippen molar-refractivity contribution in [3.8, 4) is 5.75 Å². The van der Waals surface area contributed by atoms with E-state index in [2.05, 4.69) is 0 Å². The average molecular weight is 319 g/mol. The van der Waals surface area contributed by atoms with Crippen LogP contribution in [0.2, 0.25) is 0 Å². The van der Waals surface area contributed by atoms with E-state index in [1.165, 1.54) is 4.31 Å². The topological polar surface area (TPSA) is 46.6 Å². The third-order valence-corrected chi connectivity index (χ3v) is 5.22. The first-order chi connectivity index (χ1) is 10.5. The van der Waals surface area contributed by atoms with Crippen molar-refractivity contribution < 1.29 is 13.2 Å². The molecule has 0 heterocycles. The minimum atomic E-state index is -3.57. The summed E-state index contributed by atoms with van der Waals surface area (Å²) >= 11 is 0. The normalized spacial score (nSPS) is 11.2. The second kappa shape index (κ2) is 6.83. The van der Waals surface area contributed by atoms with E-state index in [1.54, 1.807) is 24.3 Å². The van der Waals surface area contributed by atoms with Crippen molar-refractivity contribution in [2.24, 2.45) is 0 Å². The highest BCUT2D eigenvalue weighted by Gasteiger charge is 2.23. The van der Waals surface area contributed by atoms with Crippen LogP contribution in [-0.2, 0) is 10.0 Å². The number of nitrogens with zero attached hydrogens (tertiary/aromatic N) is 1. The van der Waals surface area contributed by atoms with Gasteiger partial charge in [-0.15, -0.1) is 0 Å². The second-order valence-electron chi connectivity index (χ2n) is 4.91. The minimum absolute atomic E-state index is 0.263. The van der Waals surface area contributed by atoms with Crippen molar-refractivity contribution >= 4 is 15.7 Å². The molecule has 0 aliphatic carbocycles. The number of anilines is 1. The van der Waals surface area contributed by atoms with Gasteiger partial charge in [0.15, 0.2) is 0 Å². The van der Waals surface area contributed by atoms with Crippen LogP contribution in [0.25, 0.3) is 0 Å². The number of aryl methyl sites for hydroxylation is 1. The van der Waals surface area contributed by atoms with Gasteiger partial charge >= 0.3 is 0 Å². The van der Waals surface area contributed by atoms with Gasteiger partial charge < -0.3 is 4.74 Å². The summed E-state index contributed by atoms with van der Waals surface area (Å²) in [5.74, 6) is 0.667. The molecule has 0 spiro atoms. The fourth-order valence-electron chi connectivity index (χ4n) is 2.28. The van der Waals surface area contributed by atoms with Gasteiger partial charge in [0.1, 0.15) is 5.75 Å². The molecule has 2 rings (SSSR count). The number of benzene rings is 2. The zero-order valence-corrected chi connectivity index (χ0v) is 13.9. The van der Waals surface area contributed by atoms with Gasteiger partial charge in [-0.1, -0.05) is 12.1 Å².